The lowest BCUT2D eigenvalue weighted by molar-refractivity contribution is -0.125. The Balaban J connectivity index is 1.20. The van der Waals surface area contributed by atoms with E-state index in [2.05, 4.69) is 0 Å². The Labute approximate surface area is 287 Å². The second-order valence-corrected chi connectivity index (χ2v) is 13.5. The van der Waals surface area contributed by atoms with E-state index in [1.54, 1.807) is 27.7 Å². The van der Waals surface area contributed by atoms with Crippen molar-refractivity contribution < 1.29 is 52.6 Å². The molecular formula is C37H36N2O11. The number of ether oxygens (including phenoxy) is 2. The summed E-state index contributed by atoms with van der Waals surface area (Å²) in [5.41, 5.74) is -0.263. The number of fused-ring (bicyclic) bond motifs is 2. The summed E-state index contributed by atoms with van der Waals surface area (Å²) in [5, 5.41) is 0. The summed E-state index contributed by atoms with van der Waals surface area (Å²) in [4.78, 5) is 122. The molecule has 50 heavy (non-hydrogen) atoms. The van der Waals surface area contributed by atoms with Crippen molar-refractivity contribution in [3.05, 3.63) is 69.8 Å². The first-order valence-electron chi connectivity index (χ1n) is 16.7. The zero-order chi connectivity index (χ0) is 36.2. The third-order valence-electron chi connectivity index (χ3n) is 9.55. The summed E-state index contributed by atoms with van der Waals surface area (Å²) < 4.78 is 10.5. The smallest absolute Gasteiger partial charge is 0.410 e. The van der Waals surface area contributed by atoms with Gasteiger partial charge in [-0.3, -0.25) is 43.4 Å². The second kappa shape index (κ2) is 13.2. The Morgan fingerprint density at radius 3 is 1.30 bits per heavy atom. The first-order valence-corrected chi connectivity index (χ1v) is 16.7. The molecule has 2 aliphatic heterocycles. The maximum Gasteiger partial charge on any atom is 0.410 e. The quantitative estimate of drug-likeness (QED) is 0.289. The van der Waals surface area contributed by atoms with E-state index in [1.165, 1.54) is 46.2 Å². The number of ketones is 7. The van der Waals surface area contributed by atoms with Crippen molar-refractivity contribution in [3.63, 3.8) is 0 Å². The largest absolute Gasteiger partial charge is 0.447 e. The summed E-state index contributed by atoms with van der Waals surface area (Å²) in [6.07, 6.45) is -0.691. The second-order valence-electron chi connectivity index (χ2n) is 13.5. The molecule has 0 saturated carbocycles. The van der Waals surface area contributed by atoms with E-state index in [9.17, 15) is 43.2 Å². The molecule has 13 nitrogen and oxygen atoms in total. The van der Waals surface area contributed by atoms with Crippen LogP contribution in [0.5, 0.6) is 0 Å². The number of rotatable bonds is 8. The van der Waals surface area contributed by atoms with Crippen molar-refractivity contribution >= 4 is 52.7 Å². The molecule has 2 aliphatic carbocycles. The van der Waals surface area contributed by atoms with Gasteiger partial charge in [-0.15, -0.1) is 0 Å². The van der Waals surface area contributed by atoms with Gasteiger partial charge < -0.3 is 9.47 Å². The van der Waals surface area contributed by atoms with Gasteiger partial charge in [0, 0.05) is 46.5 Å². The van der Waals surface area contributed by atoms with Gasteiger partial charge in [0.05, 0.1) is 24.3 Å². The van der Waals surface area contributed by atoms with E-state index in [0.29, 0.717) is 12.8 Å². The number of amides is 2. The molecular weight excluding hydrogens is 648 g/mol. The molecule has 13 heteroatoms. The minimum atomic E-state index is -1.66. The Bertz CT molecular complexity index is 1760. The molecule has 4 aliphatic rings. The lowest BCUT2D eigenvalue weighted by atomic mass is 9.92. The van der Waals surface area contributed by atoms with Gasteiger partial charge in [0.1, 0.15) is 11.8 Å². The third kappa shape index (κ3) is 5.84. The van der Waals surface area contributed by atoms with E-state index < -0.39 is 88.8 Å². The highest BCUT2D eigenvalue weighted by Crippen LogP contribution is 2.35. The minimum Gasteiger partial charge on any atom is -0.447 e. The highest BCUT2D eigenvalue weighted by atomic mass is 16.6. The molecule has 2 fully saturated rings. The Hall–Kier alpha value is -5.33. The average Bonchev–Trinajstić information content (AvgIpc) is 3.85. The van der Waals surface area contributed by atoms with Crippen LogP contribution in [0.4, 0.5) is 9.59 Å². The van der Waals surface area contributed by atoms with Crippen LogP contribution in [-0.4, -0.2) is 99.9 Å². The SMILES string of the molecule is CC(C)OC(=O)N1CCC[C@H]1C(=O)C1C(=O)c2ccc(C(=O)c3ccc4c(c3)C(=O)C(C(=O)[C@@H]3CCCN3C(=O)OC(C)C)C4=O)cc2C1=O. The summed E-state index contributed by atoms with van der Waals surface area (Å²) in [6.45, 7) is 7.17. The number of nitrogens with zero attached hydrogens (tertiary/aromatic N) is 2. The molecule has 2 unspecified atom stereocenters. The van der Waals surface area contributed by atoms with Crippen molar-refractivity contribution in [2.75, 3.05) is 13.1 Å². The van der Waals surface area contributed by atoms with Gasteiger partial charge in [-0.05, 0) is 77.6 Å². The molecule has 0 N–H and O–H groups in total. The molecule has 260 valence electrons. The van der Waals surface area contributed by atoms with Crippen molar-refractivity contribution in [1.29, 1.82) is 0 Å². The monoisotopic (exact) mass is 684 g/mol. The highest BCUT2D eigenvalue weighted by Gasteiger charge is 2.50. The molecule has 0 radical (unpaired) electrons. The molecule has 2 aromatic carbocycles. The summed E-state index contributed by atoms with van der Waals surface area (Å²) in [6, 6.07) is 5.71. The van der Waals surface area contributed by atoms with Crippen molar-refractivity contribution in [1.82, 2.24) is 9.80 Å². The number of carbonyl (C=O) groups is 9. The van der Waals surface area contributed by atoms with Gasteiger partial charge in [-0.2, -0.15) is 0 Å². The fourth-order valence-corrected chi connectivity index (χ4v) is 7.24. The van der Waals surface area contributed by atoms with Crippen LogP contribution in [0.25, 0.3) is 0 Å². The molecule has 0 aromatic heterocycles. The lowest BCUT2D eigenvalue weighted by Crippen LogP contribution is -2.46. The first kappa shape index (κ1) is 34.5. The number of benzene rings is 2. The molecule has 4 atom stereocenters. The zero-order valence-electron chi connectivity index (χ0n) is 28.1. The molecule has 2 aromatic rings. The van der Waals surface area contributed by atoms with Crippen LogP contribution in [0.2, 0.25) is 0 Å². The predicted molar refractivity (Wildman–Crippen MR) is 173 cm³/mol. The number of Topliss-reactive ketones (excluding diaryl/α,β-unsaturated/α-hetero) is 6. The fourth-order valence-electron chi connectivity index (χ4n) is 7.24. The van der Waals surface area contributed by atoms with Crippen molar-refractivity contribution in [3.8, 4) is 0 Å². The normalized spacial score (nSPS) is 22.8. The van der Waals surface area contributed by atoms with E-state index >= 15 is 0 Å². The number of likely N-dealkylation sites (tertiary alicyclic amines) is 2. The Morgan fingerprint density at radius 1 is 0.580 bits per heavy atom. The third-order valence-corrected chi connectivity index (χ3v) is 9.55. The molecule has 2 heterocycles. The number of carbonyl (C=O) groups excluding carboxylic acids is 9. The van der Waals surface area contributed by atoms with E-state index in [1.807, 2.05) is 0 Å². The van der Waals surface area contributed by atoms with Crippen LogP contribution >= 0.6 is 0 Å². The van der Waals surface area contributed by atoms with Crippen LogP contribution in [-0.2, 0) is 19.1 Å². The van der Waals surface area contributed by atoms with Gasteiger partial charge in [0.2, 0.25) is 0 Å². The van der Waals surface area contributed by atoms with Crippen LogP contribution in [0, 0.1) is 11.8 Å². The fraction of sp³-hybridized carbons (Fsp3) is 0.432. The lowest BCUT2D eigenvalue weighted by Gasteiger charge is -2.25. The Kier molecular flexibility index (Phi) is 9.10. The standard InChI is InChI=1S/C37H36N2O11/c1-17(2)49-36(47)38-13-5-7-25(38)34(45)27-30(41)21-11-9-19(15-23(21)32(27)43)29(40)20-10-12-22-24(16-20)33(44)28(31(22)42)35(46)26-8-6-14-39(26)37(48)50-18(3)4/h9-12,15-18,25-28H,5-8,13-14H2,1-4H3/t25-,26-,27?,28?/m0/s1. The molecule has 6 rings (SSSR count). The molecule has 0 bridgehead atoms. The predicted octanol–water partition coefficient (Wildman–Crippen LogP) is 4.07. The number of hydrogen-bond donors (Lipinski definition) is 0. The van der Waals surface area contributed by atoms with E-state index in [0.717, 1.165) is 0 Å². The summed E-state index contributed by atoms with van der Waals surface area (Å²) in [5.74, 6) is -8.33. The van der Waals surface area contributed by atoms with Crippen LogP contribution < -0.4 is 0 Å². The first-order chi connectivity index (χ1) is 23.7. The van der Waals surface area contributed by atoms with Crippen molar-refractivity contribution in [2.24, 2.45) is 11.8 Å². The van der Waals surface area contributed by atoms with Crippen molar-refractivity contribution in [2.45, 2.75) is 77.7 Å². The number of hydrogen-bond acceptors (Lipinski definition) is 11. The zero-order valence-corrected chi connectivity index (χ0v) is 28.1. The molecule has 2 saturated heterocycles. The topological polar surface area (TPSA) is 179 Å². The Morgan fingerprint density at radius 2 is 0.940 bits per heavy atom. The highest BCUT2D eigenvalue weighted by molar-refractivity contribution is 6.38. The van der Waals surface area contributed by atoms with Gasteiger partial charge in [-0.1, -0.05) is 12.1 Å². The van der Waals surface area contributed by atoms with Crippen LogP contribution in [0.3, 0.4) is 0 Å². The maximum atomic E-state index is 13.6. The minimum absolute atomic E-state index is 0.00406. The summed E-state index contributed by atoms with van der Waals surface area (Å²) in [7, 11) is 0. The van der Waals surface area contributed by atoms with Gasteiger partial charge in [0.15, 0.2) is 40.5 Å². The summed E-state index contributed by atoms with van der Waals surface area (Å²) >= 11 is 0. The maximum absolute atomic E-state index is 13.6. The molecule has 2 amide bonds. The van der Waals surface area contributed by atoms with Crippen LogP contribution in [0.15, 0.2) is 36.4 Å². The molecule has 0 spiro atoms. The van der Waals surface area contributed by atoms with E-state index in [4.69, 9.17) is 9.47 Å². The van der Waals surface area contributed by atoms with Crippen LogP contribution in [0.1, 0.15) is 111 Å². The van der Waals surface area contributed by atoms with Gasteiger partial charge in [-0.25, -0.2) is 9.59 Å². The van der Waals surface area contributed by atoms with Gasteiger partial charge in [0.25, 0.3) is 0 Å². The van der Waals surface area contributed by atoms with Gasteiger partial charge >= 0.3 is 12.2 Å². The van der Waals surface area contributed by atoms with E-state index in [-0.39, 0.29) is 59.3 Å². The average molecular weight is 685 g/mol.